The Morgan fingerprint density at radius 2 is 1.56 bits per heavy atom. The number of thioether (sulfide) groups is 1. The van der Waals surface area contributed by atoms with E-state index in [1.54, 1.807) is 23.1 Å². The summed E-state index contributed by atoms with van der Waals surface area (Å²) in [5.41, 5.74) is 3.94. The summed E-state index contributed by atoms with van der Waals surface area (Å²) < 4.78 is 0. The van der Waals surface area contributed by atoms with Crippen LogP contribution >= 0.6 is 35.0 Å². The molecule has 0 saturated carbocycles. The maximum atomic E-state index is 13.7. The molecular weight excluding hydrogens is 511 g/mol. The SMILES string of the molecule is Cc1cccc(CSCC(=O)N(Cc2c(Cl)cccc2Cl)C(Cc2ccccc2)C(=O)NC(C)C)c1. The van der Waals surface area contributed by atoms with Crippen LogP contribution in [0.5, 0.6) is 0 Å². The fraction of sp³-hybridized carbons (Fsp3) is 0.310. The lowest BCUT2D eigenvalue weighted by atomic mass is 10.0. The number of carbonyl (C=O) groups excluding carboxylic acids is 2. The maximum Gasteiger partial charge on any atom is 0.243 e. The third-order valence-electron chi connectivity index (χ3n) is 5.67. The Hall–Kier alpha value is -2.47. The van der Waals surface area contributed by atoms with Crippen LogP contribution in [0.25, 0.3) is 0 Å². The monoisotopic (exact) mass is 542 g/mol. The van der Waals surface area contributed by atoms with Crippen molar-refractivity contribution >= 4 is 46.8 Å². The molecule has 0 heterocycles. The quantitative estimate of drug-likeness (QED) is 0.293. The second kappa shape index (κ2) is 13.7. The van der Waals surface area contributed by atoms with E-state index in [2.05, 4.69) is 30.4 Å². The summed E-state index contributed by atoms with van der Waals surface area (Å²) in [7, 11) is 0. The Morgan fingerprint density at radius 1 is 0.917 bits per heavy atom. The molecule has 0 aliphatic carbocycles. The van der Waals surface area contributed by atoms with Gasteiger partial charge in [0.05, 0.1) is 5.75 Å². The van der Waals surface area contributed by atoms with Crippen LogP contribution in [0.15, 0.2) is 72.8 Å². The van der Waals surface area contributed by atoms with Gasteiger partial charge in [0.2, 0.25) is 11.8 Å². The average Bonchev–Trinajstić information content (AvgIpc) is 2.83. The van der Waals surface area contributed by atoms with Crippen molar-refractivity contribution in [2.45, 2.75) is 51.6 Å². The highest BCUT2D eigenvalue weighted by atomic mass is 35.5. The van der Waals surface area contributed by atoms with Gasteiger partial charge in [0.15, 0.2) is 0 Å². The molecule has 0 aliphatic heterocycles. The van der Waals surface area contributed by atoms with E-state index < -0.39 is 6.04 Å². The number of rotatable bonds is 11. The summed E-state index contributed by atoms with van der Waals surface area (Å²) in [4.78, 5) is 28.7. The first-order chi connectivity index (χ1) is 17.2. The fourth-order valence-corrected chi connectivity index (χ4v) is 5.30. The Bertz CT molecular complexity index is 1150. The van der Waals surface area contributed by atoms with Crippen molar-refractivity contribution in [3.63, 3.8) is 0 Å². The lowest BCUT2D eigenvalue weighted by molar-refractivity contribution is -0.139. The van der Waals surface area contributed by atoms with Gasteiger partial charge in [-0.25, -0.2) is 0 Å². The van der Waals surface area contributed by atoms with Crippen molar-refractivity contribution in [3.8, 4) is 0 Å². The largest absolute Gasteiger partial charge is 0.352 e. The van der Waals surface area contributed by atoms with Crippen molar-refractivity contribution in [3.05, 3.63) is 105 Å². The molecule has 2 amide bonds. The molecule has 0 aromatic heterocycles. The molecule has 0 aliphatic rings. The summed E-state index contributed by atoms with van der Waals surface area (Å²) in [5.74, 6) is 0.601. The molecule has 0 fully saturated rings. The molecule has 36 heavy (non-hydrogen) atoms. The molecule has 0 spiro atoms. The summed E-state index contributed by atoms with van der Waals surface area (Å²) in [6.45, 7) is 6.01. The normalized spacial score (nSPS) is 11.8. The molecule has 1 atom stereocenters. The fourth-order valence-electron chi connectivity index (χ4n) is 3.93. The van der Waals surface area contributed by atoms with Gasteiger partial charge >= 0.3 is 0 Å². The van der Waals surface area contributed by atoms with E-state index in [-0.39, 0.29) is 30.2 Å². The zero-order valence-corrected chi connectivity index (χ0v) is 23.2. The van der Waals surface area contributed by atoms with Crippen LogP contribution in [0.1, 0.15) is 36.1 Å². The summed E-state index contributed by atoms with van der Waals surface area (Å²) in [5, 5.41) is 3.93. The molecular formula is C29H32Cl2N2O2S. The van der Waals surface area contributed by atoms with Crippen LogP contribution in [0, 0.1) is 6.92 Å². The van der Waals surface area contributed by atoms with Crippen molar-refractivity contribution in [2.75, 3.05) is 5.75 Å². The Morgan fingerprint density at radius 3 is 2.19 bits per heavy atom. The predicted molar refractivity (Wildman–Crippen MR) is 152 cm³/mol. The second-order valence-electron chi connectivity index (χ2n) is 9.07. The van der Waals surface area contributed by atoms with Crippen LogP contribution in [-0.2, 0) is 28.3 Å². The van der Waals surface area contributed by atoms with E-state index in [9.17, 15) is 9.59 Å². The van der Waals surface area contributed by atoms with Gasteiger partial charge in [-0.3, -0.25) is 9.59 Å². The lowest BCUT2D eigenvalue weighted by Crippen LogP contribution is -2.52. The number of hydrogen-bond donors (Lipinski definition) is 1. The van der Waals surface area contributed by atoms with Crippen molar-refractivity contribution in [1.82, 2.24) is 10.2 Å². The molecule has 190 valence electrons. The van der Waals surface area contributed by atoms with Crippen LogP contribution in [0.3, 0.4) is 0 Å². The molecule has 0 radical (unpaired) electrons. The average molecular weight is 544 g/mol. The number of halogens is 2. The molecule has 0 bridgehead atoms. The van der Waals surface area contributed by atoms with Crippen molar-refractivity contribution in [2.24, 2.45) is 0 Å². The van der Waals surface area contributed by atoms with Gasteiger partial charge in [-0.05, 0) is 44.0 Å². The highest BCUT2D eigenvalue weighted by Crippen LogP contribution is 2.28. The number of hydrogen-bond acceptors (Lipinski definition) is 3. The number of carbonyl (C=O) groups is 2. The van der Waals surface area contributed by atoms with Gasteiger partial charge in [-0.2, -0.15) is 0 Å². The molecule has 4 nitrogen and oxygen atoms in total. The summed E-state index contributed by atoms with van der Waals surface area (Å²) >= 11 is 14.5. The topological polar surface area (TPSA) is 49.4 Å². The highest BCUT2D eigenvalue weighted by Gasteiger charge is 2.31. The van der Waals surface area contributed by atoms with Gasteiger partial charge in [0, 0.05) is 40.4 Å². The van der Waals surface area contributed by atoms with Crippen LogP contribution in [0.2, 0.25) is 10.0 Å². The number of aryl methyl sites for hydroxylation is 1. The van der Waals surface area contributed by atoms with Gasteiger partial charge in [-0.1, -0.05) is 89.4 Å². The number of amides is 2. The molecule has 7 heteroatoms. The minimum atomic E-state index is -0.714. The molecule has 3 rings (SSSR count). The zero-order valence-electron chi connectivity index (χ0n) is 20.8. The summed E-state index contributed by atoms with van der Waals surface area (Å²) in [6.07, 6.45) is 0.385. The Balaban J connectivity index is 1.89. The minimum absolute atomic E-state index is 0.0627. The number of benzene rings is 3. The van der Waals surface area contributed by atoms with Crippen molar-refractivity contribution < 1.29 is 9.59 Å². The number of nitrogens with zero attached hydrogens (tertiary/aromatic N) is 1. The molecule has 3 aromatic carbocycles. The van der Waals surface area contributed by atoms with Gasteiger partial charge in [0.25, 0.3) is 0 Å². The predicted octanol–water partition coefficient (Wildman–Crippen LogP) is 6.70. The van der Waals surface area contributed by atoms with E-state index in [0.717, 1.165) is 11.1 Å². The first kappa shape index (κ1) is 28.1. The molecule has 1 N–H and O–H groups in total. The Labute approximate surface area is 228 Å². The van der Waals surface area contributed by atoms with Gasteiger partial charge in [0.1, 0.15) is 6.04 Å². The number of nitrogens with one attached hydrogen (secondary N) is 1. The highest BCUT2D eigenvalue weighted by molar-refractivity contribution is 7.99. The molecule has 3 aromatic rings. The lowest BCUT2D eigenvalue weighted by Gasteiger charge is -2.32. The second-order valence-corrected chi connectivity index (χ2v) is 10.9. The first-order valence-electron chi connectivity index (χ1n) is 11.9. The first-order valence-corrected chi connectivity index (χ1v) is 13.9. The Kier molecular flexibility index (Phi) is 10.7. The van der Waals surface area contributed by atoms with E-state index in [0.29, 0.717) is 27.8 Å². The smallest absolute Gasteiger partial charge is 0.243 e. The van der Waals surface area contributed by atoms with Crippen molar-refractivity contribution in [1.29, 1.82) is 0 Å². The third-order valence-corrected chi connectivity index (χ3v) is 7.37. The maximum absolute atomic E-state index is 13.7. The van der Waals surface area contributed by atoms with Crippen LogP contribution in [0.4, 0.5) is 0 Å². The molecule has 0 saturated heterocycles. The minimum Gasteiger partial charge on any atom is -0.352 e. The van der Waals surface area contributed by atoms with Gasteiger partial charge < -0.3 is 10.2 Å². The van der Waals surface area contributed by atoms with E-state index in [1.807, 2.05) is 50.2 Å². The molecule has 1 unspecified atom stereocenters. The third kappa shape index (κ3) is 8.29. The zero-order chi connectivity index (χ0) is 26.1. The summed E-state index contributed by atoms with van der Waals surface area (Å²) in [6, 6.07) is 22.5. The van der Waals surface area contributed by atoms with E-state index in [1.165, 1.54) is 17.3 Å². The van der Waals surface area contributed by atoms with Crippen LogP contribution in [-0.4, -0.2) is 34.6 Å². The van der Waals surface area contributed by atoms with Gasteiger partial charge in [-0.15, -0.1) is 11.8 Å². The van der Waals surface area contributed by atoms with E-state index >= 15 is 0 Å². The van der Waals surface area contributed by atoms with E-state index in [4.69, 9.17) is 23.2 Å². The van der Waals surface area contributed by atoms with Crippen LogP contribution < -0.4 is 5.32 Å². The standard InChI is InChI=1S/C29H32Cl2N2O2S/c1-20(2)32-29(35)27(16-22-10-5-4-6-11-22)33(17-24-25(30)13-8-14-26(24)31)28(34)19-36-18-23-12-7-9-21(3)15-23/h4-15,20,27H,16-19H2,1-3H3,(H,32,35).